The number of carboxylic acids is 1. The molecule has 3 rings (SSSR count). The molecule has 19 heavy (non-hydrogen) atoms. The molecule has 0 amide bonds. The molecule has 1 aromatic carbocycles. The van der Waals surface area contributed by atoms with Crippen LogP contribution in [-0.4, -0.2) is 20.5 Å². The predicted molar refractivity (Wildman–Crippen MR) is 74.9 cm³/mol. The van der Waals surface area contributed by atoms with E-state index in [1.54, 1.807) is 4.40 Å². The second kappa shape index (κ2) is 4.20. The molecule has 2 aromatic heterocycles. The number of hydrogen-bond donors (Lipinski definition) is 1. The predicted octanol–water partition coefficient (Wildman–Crippen LogP) is 3.38. The maximum absolute atomic E-state index is 11.2. The van der Waals surface area contributed by atoms with Gasteiger partial charge < -0.3 is 5.11 Å². The van der Waals surface area contributed by atoms with E-state index in [4.69, 9.17) is 0 Å². The fourth-order valence-corrected chi connectivity index (χ4v) is 3.11. The van der Waals surface area contributed by atoms with Crippen LogP contribution in [0.15, 0.2) is 29.8 Å². The molecular weight excluding hydrogens is 260 g/mol. The first kappa shape index (κ1) is 11.9. The number of aryl methyl sites for hydroxylation is 2. The molecule has 0 bridgehead atoms. The van der Waals surface area contributed by atoms with Crippen LogP contribution >= 0.6 is 11.3 Å². The summed E-state index contributed by atoms with van der Waals surface area (Å²) in [6.45, 7) is 4.07. The zero-order valence-corrected chi connectivity index (χ0v) is 11.4. The zero-order valence-electron chi connectivity index (χ0n) is 10.5. The lowest BCUT2D eigenvalue weighted by molar-refractivity contribution is 0.0689. The van der Waals surface area contributed by atoms with E-state index < -0.39 is 5.97 Å². The number of carboxylic acid groups (broad SMARTS) is 1. The number of nitrogens with zero attached hydrogens (tertiary/aromatic N) is 2. The molecule has 0 atom stereocenters. The first-order valence-corrected chi connectivity index (χ1v) is 6.72. The monoisotopic (exact) mass is 272 g/mol. The molecule has 2 heterocycles. The Morgan fingerprint density at radius 1 is 1.37 bits per heavy atom. The lowest BCUT2D eigenvalue weighted by Crippen LogP contribution is -2.02. The quantitative estimate of drug-likeness (QED) is 0.778. The minimum Gasteiger partial charge on any atom is -0.477 e. The number of benzene rings is 1. The van der Waals surface area contributed by atoms with Crippen LogP contribution in [0.3, 0.4) is 0 Å². The first-order chi connectivity index (χ1) is 9.08. The normalized spacial score (nSPS) is 11.1. The molecule has 4 nitrogen and oxygen atoms in total. The van der Waals surface area contributed by atoms with Crippen LogP contribution in [0.4, 0.5) is 0 Å². The van der Waals surface area contributed by atoms with E-state index in [0.29, 0.717) is 4.96 Å². The van der Waals surface area contributed by atoms with Crippen molar-refractivity contribution in [2.24, 2.45) is 0 Å². The Hall–Kier alpha value is -2.14. The van der Waals surface area contributed by atoms with Gasteiger partial charge in [0.15, 0.2) is 10.7 Å². The molecule has 0 spiro atoms. The summed E-state index contributed by atoms with van der Waals surface area (Å²) < 4.78 is 1.70. The molecule has 0 aliphatic carbocycles. The van der Waals surface area contributed by atoms with Gasteiger partial charge in [0.25, 0.3) is 0 Å². The van der Waals surface area contributed by atoms with Crippen LogP contribution in [0.25, 0.3) is 16.2 Å². The van der Waals surface area contributed by atoms with E-state index in [0.717, 1.165) is 16.8 Å². The summed E-state index contributed by atoms with van der Waals surface area (Å²) in [7, 11) is 0. The van der Waals surface area contributed by atoms with E-state index >= 15 is 0 Å². The Balaban J connectivity index is 2.30. The summed E-state index contributed by atoms with van der Waals surface area (Å²) in [5, 5.41) is 11.2. The standard InChI is InChI=1S/C14H12N2O2S/c1-8-3-4-10(9(2)5-8)12-7-19-14-15-6-11(13(17)18)16(12)14/h3-7H,1-2H3,(H,17,18). The summed E-state index contributed by atoms with van der Waals surface area (Å²) in [5.41, 5.74) is 4.44. The molecule has 0 saturated heterocycles. The number of rotatable bonds is 2. The number of aromatic nitrogens is 2. The molecule has 0 aliphatic heterocycles. The molecule has 5 heteroatoms. The van der Waals surface area contributed by atoms with Crippen molar-refractivity contribution in [3.05, 3.63) is 46.6 Å². The molecule has 3 aromatic rings. The molecule has 0 radical (unpaired) electrons. The van der Waals surface area contributed by atoms with Gasteiger partial charge >= 0.3 is 5.97 Å². The molecule has 0 unspecified atom stereocenters. The number of thiazole rings is 1. The second-order valence-electron chi connectivity index (χ2n) is 4.51. The SMILES string of the molecule is Cc1ccc(-c2csc3ncc(C(=O)O)n23)c(C)c1. The average Bonchev–Trinajstić information content (AvgIpc) is 2.90. The van der Waals surface area contributed by atoms with E-state index in [-0.39, 0.29) is 5.69 Å². The minimum absolute atomic E-state index is 0.200. The molecular formula is C14H12N2O2S. The summed E-state index contributed by atoms with van der Waals surface area (Å²) in [4.78, 5) is 16.1. The van der Waals surface area contributed by atoms with Crippen LogP contribution in [-0.2, 0) is 0 Å². The van der Waals surface area contributed by atoms with Crippen LogP contribution in [0.2, 0.25) is 0 Å². The first-order valence-electron chi connectivity index (χ1n) is 5.84. The van der Waals surface area contributed by atoms with Gasteiger partial charge in [-0.3, -0.25) is 4.40 Å². The zero-order chi connectivity index (χ0) is 13.6. The van der Waals surface area contributed by atoms with Crippen molar-refractivity contribution in [1.29, 1.82) is 0 Å². The second-order valence-corrected chi connectivity index (χ2v) is 5.34. The highest BCUT2D eigenvalue weighted by Crippen LogP contribution is 2.30. The van der Waals surface area contributed by atoms with Gasteiger partial charge in [0.2, 0.25) is 0 Å². The lowest BCUT2D eigenvalue weighted by Gasteiger charge is -2.06. The van der Waals surface area contributed by atoms with Gasteiger partial charge in [-0.05, 0) is 19.4 Å². The maximum atomic E-state index is 11.2. The van der Waals surface area contributed by atoms with E-state index in [1.165, 1.54) is 23.1 Å². The van der Waals surface area contributed by atoms with Crippen molar-refractivity contribution in [1.82, 2.24) is 9.38 Å². The third-order valence-corrected chi connectivity index (χ3v) is 3.96. The van der Waals surface area contributed by atoms with Crippen molar-refractivity contribution in [2.45, 2.75) is 13.8 Å². The van der Waals surface area contributed by atoms with Crippen LogP contribution in [0.5, 0.6) is 0 Å². The third-order valence-electron chi connectivity index (χ3n) is 3.12. The topological polar surface area (TPSA) is 54.6 Å². The average molecular weight is 272 g/mol. The molecule has 0 fully saturated rings. The lowest BCUT2D eigenvalue weighted by atomic mass is 10.0. The highest BCUT2D eigenvalue weighted by molar-refractivity contribution is 7.15. The Kier molecular flexibility index (Phi) is 2.64. The summed E-state index contributed by atoms with van der Waals surface area (Å²) in [6.07, 6.45) is 1.40. The van der Waals surface area contributed by atoms with Crippen molar-refractivity contribution < 1.29 is 9.90 Å². The van der Waals surface area contributed by atoms with E-state index in [2.05, 4.69) is 11.1 Å². The third kappa shape index (κ3) is 1.82. The molecule has 96 valence electrons. The number of fused-ring (bicyclic) bond motifs is 1. The van der Waals surface area contributed by atoms with E-state index in [9.17, 15) is 9.90 Å². The van der Waals surface area contributed by atoms with Gasteiger partial charge in [-0.15, -0.1) is 11.3 Å². The van der Waals surface area contributed by atoms with Crippen LogP contribution < -0.4 is 0 Å². The number of hydrogen-bond acceptors (Lipinski definition) is 3. The number of carbonyl (C=O) groups is 1. The van der Waals surface area contributed by atoms with Gasteiger partial charge in [0, 0.05) is 10.9 Å². The summed E-state index contributed by atoms with van der Waals surface area (Å²) in [6, 6.07) is 6.15. The minimum atomic E-state index is -0.961. The number of aromatic carboxylic acids is 1. The van der Waals surface area contributed by atoms with Gasteiger partial charge in [0.1, 0.15) is 0 Å². The highest BCUT2D eigenvalue weighted by Gasteiger charge is 2.17. The molecule has 0 aliphatic rings. The van der Waals surface area contributed by atoms with Crippen molar-refractivity contribution in [3.63, 3.8) is 0 Å². The molecule has 0 saturated carbocycles. The Morgan fingerprint density at radius 3 is 2.84 bits per heavy atom. The van der Waals surface area contributed by atoms with Gasteiger partial charge in [-0.2, -0.15) is 0 Å². The Labute approximate surface area is 114 Å². The van der Waals surface area contributed by atoms with E-state index in [1.807, 2.05) is 31.4 Å². The summed E-state index contributed by atoms with van der Waals surface area (Å²) in [5.74, 6) is -0.961. The Morgan fingerprint density at radius 2 is 2.16 bits per heavy atom. The Bertz CT molecular complexity index is 786. The van der Waals surface area contributed by atoms with Crippen molar-refractivity contribution >= 4 is 22.3 Å². The van der Waals surface area contributed by atoms with Crippen LogP contribution in [0.1, 0.15) is 21.6 Å². The largest absolute Gasteiger partial charge is 0.477 e. The number of imidazole rings is 1. The van der Waals surface area contributed by atoms with Gasteiger partial charge in [-0.25, -0.2) is 9.78 Å². The summed E-state index contributed by atoms with van der Waals surface area (Å²) >= 11 is 1.45. The van der Waals surface area contributed by atoms with Crippen molar-refractivity contribution in [3.8, 4) is 11.3 Å². The fourth-order valence-electron chi connectivity index (χ4n) is 2.25. The highest BCUT2D eigenvalue weighted by atomic mass is 32.1. The van der Waals surface area contributed by atoms with Crippen LogP contribution in [0, 0.1) is 13.8 Å². The van der Waals surface area contributed by atoms with Gasteiger partial charge in [0.05, 0.1) is 11.9 Å². The smallest absolute Gasteiger partial charge is 0.354 e. The fraction of sp³-hybridized carbons (Fsp3) is 0.143. The van der Waals surface area contributed by atoms with Gasteiger partial charge in [-0.1, -0.05) is 23.8 Å². The molecule has 1 N–H and O–H groups in total. The van der Waals surface area contributed by atoms with Crippen molar-refractivity contribution in [2.75, 3.05) is 0 Å². The maximum Gasteiger partial charge on any atom is 0.354 e.